The number of anilines is 2. The van der Waals surface area contributed by atoms with Gasteiger partial charge in [0.15, 0.2) is 5.78 Å². The van der Waals surface area contributed by atoms with Gasteiger partial charge in [0, 0.05) is 34.7 Å². The van der Waals surface area contributed by atoms with Crippen LogP contribution >= 0.6 is 11.3 Å². The molecule has 1 saturated carbocycles. The van der Waals surface area contributed by atoms with Crippen LogP contribution in [-0.2, 0) is 41.8 Å². The molecule has 2 amide bonds. The van der Waals surface area contributed by atoms with Crippen molar-refractivity contribution in [1.29, 1.82) is 0 Å². The SMILES string of the molecule is CCOC(=O)C1(NCc2cccc(C(=O)Nc3sc4c(c3C(=O)Nc3ccc(CCc5ccc(C(=O)CC)cc5)cc3)CCCC4)c2)CC1. The minimum atomic E-state index is -0.628. The zero-order chi connectivity index (χ0) is 34.4. The first-order valence-electron chi connectivity index (χ1n) is 17.3. The molecule has 8 nitrogen and oxygen atoms in total. The fourth-order valence-corrected chi connectivity index (χ4v) is 7.59. The number of Topliss-reactive ketones (excluding diaryl/α,β-unsaturated/α-hetero) is 1. The van der Waals surface area contributed by atoms with E-state index in [9.17, 15) is 19.2 Å². The summed E-state index contributed by atoms with van der Waals surface area (Å²) in [6, 6.07) is 23.0. The molecule has 2 aliphatic rings. The van der Waals surface area contributed by atoms with Crippen LogP contribution in [0.15, 0.2) is 72.8 Å². The molecule has 4 aromatic rings. The first-order chi connectivity index (χ1) is 23.8. The monoisotopic (exact) mass is 677 g/mol. The Kier molecular flexibility index (Phi) is 10.7. The molecule has 0 radical (unpaired) electrons. The molecule has 0 spiro atoms. The van der Waals surface area contributed by atoms with Gasteiger partial charge >= 0.3 is 5.97 Å². The first-order valence-corrected chi connectivity index (χ1v) is 18.1. The van der Waals surface area contributed by atoms with E-state index < -0.39 is 5.54 Å². The zero-order valence-electron chi connectivity index (χ0n) is 28.2. The van der Waals surface area contributed by atoms with Crippen LogP contribution in [0.2, 0.25) is 0 Å². The molecule has 49 heavy (non-hydrogen) atoms. The largest absolute Gasteiger partial charge is 0.465 e. The highest BCUT2D eigenvalue weighted by Gasteiger charge is 2.50. The minimum absolute atomic E-state index is 0.149. The predicted molar refractivity (Wildman–Crippen MR) is 194 cm³/mol. The van der Waals surface area contributed by atoms with Crippen LogP contribution in [0.4, 0.5) is 10.7 Å². The van der Waals surface area contributed by atoms with Crippen molar-refractivity contribution in [2.24, 2.45) is 0 Å². The molecule has 0 atom stereocenters. The number of hydrogen-bond acceptors (Lipinski definition) is 7. The Morgan fingerprint density at radius 2 is 1.47 bits per heavy atom. The highest BCUT2D eigenvalue weighted by atomic mass is 32.1. The van der Waals surface area contributed by atoms with Crippen LogP contribution in [0.1, 0.15) is 104 Å². The van der Waals surface area contributed by atoms with Gasteiger partial charge in [-0.1, -0.05) is 55.5 Å². The highest BCUT2D eigenvalue weighted by Crippen LogP contribution is 2.39. The molecule has 254 valence electrons. The van der Waals surface area contributed by atoms with Crippen molar-refractivity contribution in [3.8, 4) is 0 Å². The quantitative estimate of drug-likeness (QED) is 0.0932. The lowest BCUT2D eigenvalue weighted by Gasteiger charge is -2.16. The number of carbonyl (C=O) groups is 4. The molecular formula is C40H43N3O5S. The van der Waals surface area contributed by atoms with E-state index in [2.05, 4.69) is 16.0 Å². The second kappa shape index (κ2) is 15.3. The van der Waals surface area contributed by atoms with Crippen LogP contribution < -0.4 is 16.0 Å². The average Bonchev–Trinajstić information content (AvgIpc) is 3.84. The number of hydrogen-bond donors (Lipinski definition) is 3. The fraction of sp³-hybridized carbons (Fsp3) is 0.350. The summed E-state index contributed by atoms with van der Waals surface area (Å²) >= 11 is 1.49. The lowest BCUT2D eigenvalue weighted by molar-refractivity contribution is -0.147. The lowest BCUT2D eigenvalue weighted by atomic mass is 9.95. The van der Waals surface area contributed by atoms with Gasteiger partial charge in [0.05, 0.1) is 12.2 Å². The molecule has 0 aliphatic heterocycles. The second-order valence-electron chi connectivity index (χ2n) is 12.9. The summed E-state index contributed by atoms with van der Waals surface area (Å²) in [7, 11) is 0. The van der Waals surface area contributed by atoms with Gasteiger partial charge in [0.2, 0.25) is 0 Å². The van der Waals surface area contributed by atoms with Crippen LogP contribution in [0.5, 0.6) is 0 Å². The Balaban J connectivity index is 1.10. The van der Waals surface area contributed by atoms with E-state index in [4.69, 9.17) is 4.74 Å². The topological polar surface area (TPSA) is 114 Å². The van der Waals surface area contributed by atoms with Gasteiger partial charge in [0.1, 0.15) is 10.5 Å². The molecule has 3 N–H and O–H groups in total. The standard InChI is InChI=1S/C40H43N3O5S/c1-3-33(44)29-18-14-26(15-19-29)12-13-27-16-20-31(21-17-27)42-37(46)35-32-10-5-6-11-34(32)49-38(35)43-36(45)30-9-7-8-28(24-30)25-41-40(22-23-40)39(47)48-4-2/h7-9,14-21,24,41H,3-6,10-13,22-23,25H2,1-2H3,(H,42,46)(H,43,45). The van der Waals surface area contributed by atoms with Crippen LogP contribution in [0, 0.1) is 0 Å². The number of esters is 1. The lowest BCUT2D eigenvalue weighted by Crippen LogP contribution is -2.40. The normalized spacial score (nSPS) is 14.4. The number of carbonyl (C=O) groups excluding carboxylic acids is 4. The molecule has 1 heterocycles. The Labute approximate surface area is 291 Å². The number of benzene rings is 3. The van der Waals surface area contributed by atoms with Gasteiger partial charge in [-0.2, -0.15) is 0 Å². The molecule has 2 aliphatic carbocycles. The van der Waals surface area contributed by atoms with E-state index in [0.717, 1.165) is 78.5 Å². The number of fused-ring (bicyclic) bond motifs is 1. The number of nitrogens with one attached hydrogen (secondary N) is 3. The van der Waals surface area contributed by atoms with Gasteiger partial charge < -0.3 is 15.4 Å². The Bertz CT molecular complexity index is 1840. The Morgan fingerprint density at radius 3 is 2.14 bits per heavy atom. The summed E-state index contributed by atoms with van der Waals surface area (Å²) in [6.07, 6.45) is 7.44. The summed E-state index contributed by atoms with van der Waals surface area (Å²) in [5.41, 5.74) is 6.08. The van der Waals surface area contributed by atoms with E-state index in [0.29, 0.717) is 41.4 Å². The van der Waals surface area contributed by atoms with Crippen molar-refractivity contribution in [3.05, 3.63) is 117 Å². The molecule has 3 aromatic carbocycles. The van der Waals surface area contributed by atoms with Crippen molar-refractivity contribution in [1.82, 2.24) is 5.32 Å². The number of thiophene rings is 1. The maximum atomic E-state index is 13.8. The average molecular weight is 678 g/mol. The van der Waals surface area contributed by atoms with Crippen molar-refractivity contribution in [3.63, 3.8) is 0 Å². The summed E-state index contributed by atoms with van der Waals surface area (Å²) in [5, 5.41) is 10.0. The number of aryl methyl sites for hydroxylation is 3. The summed E-state index contributed by atoms with van der Waals surface area (Å²) in [4.78, 5) is 52.7. The van der Waals surface area contributed by atoms with Crippen molar-refractivity contribution >= 4 is 45.6 Å². The van der Waals surface area contributed by atoms with Gasteiger partial charge in [-0.05, 0) is 105 Å². The third-order valence-electron chi connectivity index (χ3n) is 9.37. The van der Waals surface area contributed by atoms with Gasteiger partial charge in [-0.25, -0.2) is 0 Å². The fourth-order valence-electron chi connectivity index (χ4n) is 6.31. The molecule has 9 heteroatoms. The molecule has 1 fully saturated rings. The maximum Gasteiger partial charge on any atom is 0.326 e. The van der Waals surface area contributed by atoms with E-state index in [1.54, 1.807) is 13.0 Å². The predicted octanol–water partition coefficient (Wildman–Crippen LogP) is 7.69. The van der Waals surface area contributed by atoms with E-state index in [1.165, 1.54) is 16.9 Å². The third kappa shape index (κ3) is 8.17. The summed E-state index contributed by atoms with van der Waals surface area (Å²) < 4.78 is 5.22. The first kappa shape index (κ1) is 34.3. The van der Waals surface area contributed by atoms with Crippen molar-refractivity contribution in [2.45, 2.75) is 83.7 Å². The maximum absolute atomic E-state index is 13.8. The van der Waals surface area contributed by atoms with Gasteiger partial charge in [0.25, 0.3) is 11.8 Å². The number of ketones is 1. The van der Waals surface area contributed by atoms with Crippen molar-refractivity contribution in [2.75, 3.05) is 17.2 Å². The molecule has 1 aromatic heterocycles. The molecule has 6 rings (SSSR count). The van der Waals surface area contributed by atoms with Crippen LogP contribution in [-0.4, -0.2) is 35.7 Å². The smallest absolute Gasteiger partial charge is 0.326 e. The molecule has 0 unspecified atom stereocenters. The minimum Gasteiger partial charge on any atom is -0.465 e. The van der Waals surface area contributed by atoms with Gasteiger partial charge in [-0.15, -0.1) is 11.3 Å². The zero-order valence-corrected chi connectivity index (χ0v) is 29.0. The third-order valence-corrected chi connectivity index (χ3v) is 10.6. The molecular weight excluding hydrogens is 635 g/mol. The van der Waals surface area contributed by atoms with E-state index >= 15 is 0 Å². The van der Waals surface area contributed by atoms with Crippen molar-refractivity contribution < 1.29 is 23.9 Å². The summed E-state index contributed by atoms with van der Waals surface area (Å²) in [6.45, 7) is 4.45. The number of amides is 2. The molecule has 0 bridgehead atoms. The van der Waals surface area contributed by atoms with Crippen LogP contribution in [0.25, 0.3) is 0 Å². The van der Waals surface area contributed by atoms with E-state index in [1.807, 2.05) is 73.7 Å². The Hall–Kier alpha value is -4.60. The second-order valence-corrected chi connectivity index (χ2v) is 14.0. The Morgan fingerprint density at radius 1 is 0.776 bits per heavy atom. The van der Waals surface area contributed by atoms with E-state index in [-0.39, 0.29) is 23.6 Å². The number of ether oxygens (including phenoxy) is 1. The van der Waals surface area contributed by atoms with Gasteiger partial charge in [-0.3, -0.25) is 24.5 Å². The molecule has 0 saturated heterocycles. The van der Waals surface area contributed by atoms with Crippen LogP contribution in [0.3, 0.4) is 0 Å². The summed E-state index contributed by atoms with van der Waals surface area (Å²) in [5.74, 6) is -0.583. The highest BCUT2D eigenvalue weighted by molar-refractivity contribution is 7.17. The number of rotatable bonds is 14.